The van der Waals surface area contributed by atoms with Crippen molar-refractivity contribution in [2.24, 2.45) is 0 Å². The number of benzene rings is 1. The zero-order valence-corrected chi connectivity index (χ0v) is 13.4. The van der Waals surface area contributed by atoms with Crippen LogP contribution in [0.5, 0.6) is 11.5 Å². The molecule has 1 rings (SSSR count). The quantitative estimate of drug-likeness (QED) is 0.797. The summed E-state index contributed by atoms with van der Waals surface area (Å²) in [6.45, 7) is 6.39. The molecule has 21 heavy (non-hydrogen) atoms. The minimum absolute atomic E-state index is 0.0901. The second-order valence-electron chi connectivity index (χ2n) is 5.23. The van der Waals surface area contributed by atoms with E-state index in [-0.39, 0.29) is 11.7 Å². The van der Waals surface area contributed by atoms with E-state index in [4.69, 9.17) is 4.74 Å². The summed E-state index contributed by atoms with van der Waals surface area (Å²) in [7, 11) is 3.53. The van der Waals surface area contributed by atoms with E-state index in [0.29, 0.717) is 25.4 Å². The van der Waals surface area contributed by atoms with Crippen LogP contribution >= 0.6 is 0 Å². The van der Waals surface area contributed by atoms with Crippen LogP contribution in [0.1, 0.15) is 25.8 Å². The first-order valence-electron chi connectivity index (χ1n) is 7.35. The van der Waals surface area contributed by atoms with Crippen LogP contribution in [0.2, 0.25) is 0 Å². The summed E-state index contributed by atoms with van der Waals surface area (Å²) < 4.78 is 5.39. The van der Waals surface area contributed by atoms with Gasteiger partial charge in [0, 0.05) is 20.6 Å². The number of aromatic hydroxyl groups is 1. The summed E-state index contributed by atoms with van der Waals surface area (Å²) in [6, 6.07) is 5.33. The van der Waals surface area contributed by atoms with Crippen LogP contribution < -0.4 is 4.74 Å². The molecule has 0 aliphatic heterocycles. The van der Waals surface area contributed by atoms with Gasteiger partial charge in [-0.15, -0.1) is 0 Å². The summed E-state index contributed by atoms with van der Waals surface area (Å²) in [5, 5.41) is 9.72. The average Bonchev–Trinajstić information content (AvgIpc) is 2.43. The Balaban J connectivity index is 2.78. The van der Waals surface area contributed by atoms with Gasteiger partial charge in [0.2, 0.25) is 5.91 Å². The Morgan fingerprint density at radius 2 is 2.00 bits per heavy atom. The van der Waals surface area contributed by atoms with Gasteiger partial charge in [-0.1, -0.05) is 13.0 Å². The van der Waals surface area contributed by atoms with Gasteiger partial charge in [0.1, 0.15) is 0 Å². The highest BCUT2D eigenvalue weighted by Gasteiger charge is 2.13. The fraction of sp³-hybridized carbons (Fsp3) is 0.562. The molecule has 0 heterocycles. The van der Waals surface area contributed by atoms with Crippen molar-refractivity contribution in [3.63, 3.8) is 0 Å². The molecule has 5 nitrogen and oxygen atoms in total. The van der Waals surface area contributed by atoms with E-state index in [9.17, 15) is 9.90 Å². The number of hydrogen-bond donors (Lipinski definition) is 1. The van der Waals surface area contributed by atoms with Gasteiger partial charge in [0.15, 0.2) is 11.5 Å². The number of amides is 1. The molecule has 0 saturated heterocycles. The smallest absolute Gasteiger partial charge is 0.236 e. The molecule has 0 atom stereocenters. The lowest BCUT2D eigenvalue weighted by atomic mass is 10.2. The number of carbonyl (C=O) groups excluding carboxylic acids is 1. The molecule has 1 amide bonds. The minimum atomic E-state index is 0.0901. The Labute approximate surface area is 127 Å². The number of nitrogens with zero attached hydrogens (tertiary/aromatic N) is 2. The summed E-state index contributed by atoms with van der Waals surface area (Å²) in [5.41, 5.74) is 1.02. The average molecular weight is 294 g/mol. The topological polar surface area (TPSA) is 53.0 Å². The molecule has 1 N–H and O–H groups in total. The number of rotatable bonds is 8. The second-order valence-corrected chi connectivity index (χ2v) is 5.23. The standard InChI is InChI=1S/C16H26N2O3/c1-5-9-18(12-16(20)17(3)4)11-13-7-8-14(19)15(10-13)21-6-2/h7-8,10,19H,5-6,9,11-12H2,1-4H3. The van der Waals surface area contributed by atoms with Gasteiger partial charge in [0.25, 0.3) is 0 Å². The zero-order valence-electron chi connectivity index (χ0n) is 13.4. The first-order chi connectivity index (χ1) is 9.97. The Morgan fingerprint density at radius 3 is 2.57 bits per heavy atom. The fourth-order valence-electron chi connectivity index (χ4n) is 2.05. The summed E-state index contributed by atoms with van der Waals surface area (Å²) >= 11 is 0. The molecule has 0 unspecified atom stereocenters. The SMILES string of the molecule is CCCN(CC(=O)N(C)C)Cc1ccc(O)c(OCC)c1. The van der Waals surface area contributed by atoms with Crippen LogP contribution in [0.4, 0.5) is 0 Å². The zero-order chi connectivity index (χ0) is 15.8. The van der Waals surface area contributed by atoms with E-state index in [2.05, 4.69) is 11.8 Å². The maximum Gasteiger partial charge on any atom is 0.236 e. The molecule has 0 aliphatic rings. The summed E-state index contributed by atoms with van der Waals surface area (Å²) in [6.07, 6.45) is 0.983. The van der Waals surface area contributed by atoms with Gasteiger partial charge >= 0.3 is 0 Å². The normalized spacial score (nSPS) is 10.7. The lowest BCUT2D eigenvalue weighted by Gasteiger charge is -2.23. The summed E-state index contributed by atoms with van der Waals surface area (Å²) in [4.78, 5) is 15.6. The van der Waals surface area contributed by atoms with Crippen molar-refractivity contribution < 1.29 is 14.6 Å². The van der Waals surface area contributed by atoms with Gasteiger partial charge in [-0.2, -0.15) is 0 Å². The largest absolute Gasteiger partial charge is 0.504 e. The highest BCUT2D eigenvalue weighted by Crippen LogP contribution is 2.27. The molecule has 1 aromatic rings. The van der Waals surface area contributed by atoms with Crippen LogP contribution in [0, 0.1) is 0 Å². The second kappa shape index (κ2) is 8.52. The van der Waals surface area contributed by atoms with Crippen molar-refractivity contribution in [2.45, 2.75) is 26.8 Å². The minimum Gasteiger partial charge on any atom is -0.504 e. The lowest BCUT2D eigenvalue weighted by Crippen LogP contribution is -2.36. The molecular weight excluding hydrogens is 268 g/mol. The van der Waals surface area contributed by atoms with Crippen molar-refractivity contribution in [1.29, 1.82) is 0 Å². The first-order valence-corrected chi connectivity index (χ1v) is 7.35. The van der Waals surface area contributed by atoms with E-state index in [1.165, 1.54) is 0 Å². The lowest BCUT2D eigenvalue weighted by molar-refractivity contribution is -0.130. The van der Waals surface area contributed by atoms with Crippen molar-refractivity contribution in [3.8, 4) is 11.5 Å². The number of ether oxygens (including phenoxy) is 1. The summed E-state index contributed by atoms with van der Waals surface area (Å²) in [5.74, 6) is 0.727. The molecule has 0 aromatic heterocycles. The third-order valence-electron chi connectivity index (χ3n) is 3.13. The molecule has 0 fully saturated rings. The van der Waals surface area contributed by atoms with E-state index < -0.39 is 0 Å². The van der Waals surface area contributed by atoms with Gasteiger partial charge in [-0.3, -0.25) is 9.69 Å². The molecule has 0 bridgehead atoms. The number of likely N-dealkylation sites (N-methyl/N-ethyl adjacent to an activating group) is 1. The molecule has 0 aliphatic carbocycles. The predicted molar refractivity (Wildman–Crippen MR) is 83.5 cm³/mol. The molecular formula is C16H26N2O3. The van der Waals surface area contributed by atoms with Gasteiger partial charge in [0.05, 0.1) is 13.2 Å². The number of carbonyl (C=O) groups is 1. The van der Waals surface area contributed by atoms with Crippen LogP contribution in [-0.2, 0) is 11.3 Å². The van der Waals surface area contributed by atoms with Gasteiger partial charge in [-0.05, 0) is 37.6 Å². The fourth-order valence-corrected chi connectivity index (χ4v) is 2.05. The highest BCUT2D eigenvalue weighted by molar-refractivity contribution is 5.77. The van der Waals surface area contributed by atoms with Gasteiger partial charge < -0.3 is 14.7 Å². The van der Waals surface area contributed by atoms with Crippen molar-refractivity contribution in [1.82, 2.24) is 9.80 Å². The number of phenols is 1. The maximum atomic E-state index is 11.9. The molecule has 118 valence electrons. The highest BCUT2D eigenvalue weighted by atomic mass is 16.5. The van der Waals surface area contributed by atoms with Crippen LogP contribution in [0.15, 0.2) is 18.2 Å². The Bertz CT molecular complexity index is 461. The third kappa shape index (κ3) is 5.63. The van der Waals surface area contributed by atoms with E-state index in [1.54, 1.807) is 25.1 Å². The van der Waals surface area contributed by atoms with E-state index in [0.717, 1.165) is 18.5 Å². The molecule has 0 saturated carbocycles. The Kier molecular flexibility index (Phi) is 7.02. The van der Waals surface area contributed by atoms with Crippen LogP contribution in [-0.4, -0.2) is 54.6 Å². The first kappa shape index (κ1) is 17.3. The molecule has 1 aromatic carbocycles. The monoisotopic (exact) mass is 294 g/mol. The number of phenolic OH excluding ortho intramolecular Hbond substituents is 1. The van der Waals surface area contributed by atoms with Crippen molar-refractivity contribution >= 4 is 5.91 Å². The molecule has 0 spiro atoms. The Morgan fingerprint density at radius 1 is 1.29 bits per heavy atom. The molecule has 5 heteroatoms. The predicted octanol–water partition coefficient (Wildman–Crippen LogP) is 2.09. The molecule has 0 radical (unpaired) electrons. The van der Waals surface area contributed by atoms with Crippen LogP contribution in [0.3, 0.4) is 0 Å². The van der Waals surface area contributed by atoms with Gasteiger partial charge in [-0.25, -0.2) is 0 Å². The van der Waals surface area contributed by atoms with Crippen molar-refractivity contribution in [2.75, 3.05) is 33.8 Å². The number of hydrogen-bond acceptors (Lipinski definition) is 4. The van der Waals surface area contributed by atoms with Crippen molar-refractivity contribution in [3.05, 3.63) is 23.8 Å². The van der Waals surface area contributed by atoms with E-state index >= 15 is 0 Å². The third-order valence-corrected chi connectivity index (χ3v) is 3.13. The van der Waals surface area contributed by atoms with Crippen LogP contribution in [0.25, 0.3) is 0 Å². The maximum absolute atomic E-state index is 11.9. The van der Waals surface area contributed by atoms with E-state index in [1.807, 2.05) is 19.1 Å². The Hall–Kier alpha value is -1.75.